The minimum Gasteiger partial charge on any atom is -0.446 e. The van der Waals surface area contributed by atoms with E-state index in [1.165, 1.54) is 0 Å². The number of hydrogen-bond acceptors (Lipinski definition) is 3. The molecule has 1 heterocycles. The standard InChI is InChI=1S/C15H18F4N2O2/c1-7(2)23-14(22)21-8(3)4-12(20)9-5-11(16)10(6-13(9)21)15(17,18)19/h5-8,12H,4,20H2,1-3H3/t8-,12-/m0/s1. The maximum atomic E-state index is 13.8. The second-order valence-corrected chi connectivity index (χ2v) is 5.88. The molecule has 1 amide bonds. The molecule has 1 aromatic rings. The summed E-state index contributed by atoms with van der Waals surface area (Å²) in [7, 11) is 0. The Kier molecular flexibility index (Phi) is 4.57. The van der Waals surface area contributed by atoms with Gasteiger partial charge in [-0.25, -0.2) is 9.18 Å². The van der Waals surface area contributed by atoms with Crippen LogP contribution in [0.25, 0.3) is 0 Å². The fraction of sp³-hybridized carbons (Fsp3) is 0.533. The number of carbonyl (C=O) groups excluding carboxylic acids is 1. The van der Waals surface area contributed by atoms with Gasteiger partial charge in [-0.3, -0.25) is 4.90 Å². The molecular weight excluding hydrogens is 316 g/mol. The molecule has 1 aliphatic rings. The van der Waals surface area contributed by atoms with E-state index < -0.39 is 41.8 Å². The molecule has 1 aromatic carbocycles. The predicted octanol–water partition coefficient (Wildman–Crippen LogP) is 3.99. The third-order valence-electron chi connectivity index (χ3n) is 3.65. The van der Waals surface area contributed by atoms with Gasteiger partial charge in [-0.1, -0.05) is 0 Å². The van der Waals surface area contributed by atoms with Gasteiger partial charge in [0.2, 0.25) is 0 Å². The molecule has 1 aliphatic heterocycles. The lowest BCUT2D eigenvalue weighted by molar-refractivity contribution is -0.140. The van der Waals surface area contributed by atoms with Gasteiger partial charge in [0.1, 0.15) is 5.82 Å². The number of benzene rings is 1. The summed E-state index contributed by atoms with van der Waals surface area (Å²) in [5, 5.41) is 0. The van der Waals surface area contributed by atoms with E-state index in [2.05, 4.69) is 0 Å². The molecule has 0 fully saturated rings. The minimum atomic E-state index is -4.86. The van der Waals surface area contributed by atoms with Gasteiger partial charge in [0.05, 0.1) is 17.4 Å². The van der Waals surface area contributed by atoms with Crippen molar-refractivity contribution in [2.75, 3.05) is 4.90 Å². The third kappa shape index (κ3) is 3.41. The van der Waals surface area contributed by atoms with Crippen LogP contribution in [0.1, 0.15) is 44.4 Å². The summed E-state index contributed by atoms with van der Waals surface area (Å²) in [6.07, 6.45) is -5.78. The van der Waals surface area contributed by atoms with Crippen LogP contribution in [-0.4, -0.2) is 18.2 Å². The Balaban J connectivity index is 2.57. The Labute approximate surface area is 131 Å². The number of anilines is 1. The smallest absolute Gasteiger partial charge is 0.419 e. The summed E-state index contributed by atoms with van der Waals surface area (Å²) in [5.74, 6) is -1.40. The number of carbonyl (C=O) groups is 1. The van der Waals surface area contributed by atoms with Gasteiger partial charge < -0.3 is 10.5 Å². The molecule has 4 nitrogen and oxygen atoms in total. The molecule has 0 unspecified atom stereocenters. The van der Waals surface area contributed by atoms with Crippen molar-refractivity contribution in [3.63, 3.8) is 0 Å². The van der Waals surface area contributed by atoms with Crippen LogP contribution >= 0.6 is 0 Å². The number of hydrogen-bond donors (Lipinski definition) is 1. The molecule has 0 saturated heterocycles. The highest BCUT2D eigenvalue weighted by atomic mass is 19.4. The molecule has 0 saturated carbocycles. The largest absolute Gasteiger partial charge is 0.446 e. The van der Waals surface area contributed by atoms with Crippen molar-refractivity contribution in [3.8, 4) is 0 Å². The number of nitrogens with zero attached hydrogens (tertiary/aromatic N) is 1. The monoisotopic (exact) mass is 334 g/mol. The maximum Gasteiger partial charge on any atom is 0.419 e. The SMILES string of the molecule is CC(C)OC(=O)N1c2cc(C(F)(F)F)c(F)cc2[C@@H](N)C[C@@H]1C. The number of nitrogens with two attached hydrogens (primary N) is 1. The molecular formula is C15H18F4N2O2. The zero-order valence-corrected chi connectivity index (χ0v) is 12.9. The Morgan fingerprint density at radius 2 is 2.00 bits per heavy atom. The summed E-state index contributed by atoms with van der Waals surface area (Å²) in [4.78, 5) is 13.3. The summed E-state index contributed by atoms with van der Waals surface area (Å²) in [6, 6.07) is 0.266. The Morgan fingerprint density at radius 1 is 1.39 bits per heavy atom. The van der Waals surface area contributed by atoms with Crippen molar-refractivity contribution in [3.05, 3.63) is 29.1 Å². The molecule has 2 atom stereocenters. The van der Waals surface area contributed by atoms with Gasteiger partial charge in [0.25, 0.3) is 0 Å². The van der Waals surface area contributed by atoms with Gasteiger partial charge in [-0.2, -0.15) is 13.2 Å². The molecule has 2 N–H and O–H groups in total. The van der Waals surface area contributed by atoms with E-state index in [9.17, 15) is 22.4 Å². The van der Waals surface area contributed by atoms with Crippen LogP contribution in [0.2, 0.25) is 0 Å². The number of halogens is 4. The molecule has 0 spiro atoms. The van der Waals surface area contributed by atoms with E-state index in [-0.39, 0.29) is 11.3 Å². The van der Waals surface area contributed by atoms with Crippen molar-refractivity contribution in [2.45, 2.75) is 51.6 Å². The highest BCUT2D eigenvalue weighted by Crippen LogP contribution is 2.41. The lowest BCUT2D eigenvalue weighted by atomic mass is 9.91. The van der Waals surface area contributed by atoms with Crippen LogP contribution in [0.5, 0.6) is 0 Å². The van der Waals surface area contributed by atoms with Crippen LogP contribution in [-0.2, 0) is 10.9 Å². The number of ether oxygens (including phenoxy) is 1. The van der Waals surface area contributed by atoms with Gasteiger partial charge >= 0.3 is 12.3 Å². The number of fused-ring (bicyclic) bond motifs is 1. The summed E-state index contributed by atoms with van der Waals surface area (Å²) in [5.41, 5.74) is 4.57. The number of alkyl halides is 3. The van der Waals surface area contributed by atoms with Crippen LogP contribution in [0.4, 0.5) is 28.0 Å². The van der Waals surface area contributed by atoms with E-state index in [1.54, 1.807) is 20.8 Å². The molecule has 0 aliphatic carbocycles. The number of amides is 1. The first kappa shape index (κ1) is 17.5. The summed E-state index contributed by atoms with van der Waals surface area (Å²) < 4.78 is 57.7. The van der Waals surface area contributed by atoms with Crippen LogP contribution in [0.15, 0.2) is 12.1 Å². The maximum absolute atomic E-state index is 13.8. The van der Waals surface area contributed by atoms with Gasteiger partial charge in [0, 0.05) is 12.1 Å². The van der Waals surface area contributed by atoms with E-state index in [0.29, 0.717) is 12.5 Å². The quantitative estimate of drug-likeness (QED) is 0.790. The third-order valence-corrected chi connectivity index (χ3v) is 3.65. The van der Waals surface area contributed by atoms with Crippen molar-refractivity contribution < 1.29 is 27.1 Å². The van der Waals surface area contributed by atoms with Crippen LogP contribution < -0.4 is 10.6 Å². The lowest BCUT2D eigenvalue weighted by Gasteiger charge is -2.38. The highest BCUT2D eigenvalue weighted by Gasteiger charge is 2.40. The molecule has 0 radical (unpaired) electrons. The van der Waals surface area contributed by atoms with E-state index in [0.717, 1.165) is 11.0 Å². The highest BCUT2D eigenvalue weighted by molar-refractivity contribution is 5.90. The van der Waals surface area contributed by atoms with Gasteiger partial charge in [0.15, 0.2) is 0 Å². The first-order chi connectivity index (χ1) is 10.5. The van der Waals surface area contributed by atoms with Gasteiger partial charge in [-0.05, 0) is 44.9 Å². The van der Waals surface area contributed by atoms with Crippen molar-refractivity contribution in [2.24, 2.45) is 5.73 Å². The predicted molar refractivity (Wildman–Crippen MR) is 76.5 cm³/mol. The minimum absolute atomic E-state index is 0.0596. The van der Waals surface area contributed by atoms with Gasteiger partial charge in [-0.15, -0.1) is 0 Å². The normalized spacial score (nSPS) is 21.3. The fourth-order valence-corrected chi connectivity index (χ4v) is 2.67. The topological polar surface area (TPSA) is 55.6 Å². The number of rotatable bonds is 1. The first-order valence-corrected chi connectivity index (χ1v) is 7.18. The second kappa shape index (κ2) is 5.99. The average molecular weight is 334 g/mol. The van der Waals surface area contributed by atoms with Crippen molar-refractivity contribution in [1.82, 2.24) is 0 Å². The van der Waals surface area contributed by atoms with E-state index in [4.69, 9.17) is 10.5 Å². The van der Waals surface area contributed by atoms with E-state index in [1.807, 2.05) is 0 Å². The zero-order chi connectivity index (χ0) is 17.5. The molecule has 8 heteroatoms. The van der Waals surface area contributed by atoms with Crippen LogP contribution in [0, 0.1) is 5.82 Å². The average Bonchev–Trinajstić information content (AvgIpc) is 2.36. The zero-order valence-electron chi connectivity index (χ0n) is 12.9. The van der Waals surface area contributed by atoms with Crippen molar-refractivity contribution in [1.29, 1.82) is 0 Å². The molecule has 128 valence electrons. The molecule has 0 bridgehead atoms. The second-order valence-electron chi connectivity index (χ2n) is 5.88. The first-order valence-electron chi connectivity index (χ1n) is 7.18. The van der Waals surface area contributed by atoms with E-state index >= 15 is 0 Å². The summed E-state index contributed by atoms with van der Waals surface area (Å²) in [6.45, 7) is 4.91. The fourth-order valence-electron chi connectivity index (χ4n) is 2.67. The lowest BCUT2D eigenvalue weighted by Crippen LogP contribution is -2.45. The molecule has 23 heavy (non-hydrogen) atoms. The Hall–Kier alpha value is -1.83. The van der Waals surface area contributed by atoms with Crippen LogP contribution in [0.3, 0.4) is 0 Å². The Morgan fingerprint density at radius 3 is 2.52 bits per heavy atom. The van der Waals surface area contributed by atoms with Crippen molar-refractivity contribution >= 4 is 11.8 Å². The molecule has 2 rings (SSSR count). The molecule has 0 aromatic heterocycles. The summed E-state index contributed by atoms with van der Waals surface area (Å²) >= 11 is 0. The Bertz CT molecular complexity index is 616.